The second kappa shape index (κ2) is 13.0. The number of ether oxygens (including phenoxy) is 3. The van der Waals surface area contributed by atoms with E-state index in [2.05, 4.69) is 11.4 Å². The van der Waals surface area contributed by atoms with E-state index in [0.717, 1.165) is 62.9 Å². The van der Waals surface area contributed by atoms with Crippen LogP contribution >= 0.6 is 0 Å². The fourth-order valence-electron chi connectivity index (χ4n) is 2.55. The zero-order chi connectivity index (χ0) is 17.6. The fourth-order valence-corrected chi connectivity index (χ4v) is 2.55. The Labute approximate surface area is 145 Å². The third-order valence-corrected chi connectivity index (χ3v) is 3.85. The van der Waals surface area contributed by atoms with Crippen LogP contribution in [0, 0.1) is 11.3 Å². The predicted octanol–water partition coefficient (Wildman–Crippen LogP) is 2.26. The molecule has 24 heavy (non-hydrogen) atoms. The number of hydrogen-bond acceptors (Lipinski definition) is 6. The molecule has 0 spiro atoms. The summed E-state index contributed by atoms with van der Waals surface area (Å²) in [7, 11) is 3.35. The molecule has 1 rings (SSSR count). The van der Waals surface area contributed by atoms with Gasteiger partial charge < -0.3 is 24.6 Å². The van der Waals surface area contributed by atoms with Crippen molar-refractivity contribution in [1.82, 2.24) is 5.32 Å². The molecule has 0 aromatic heterocycles. The van der Waals surface area contributed by atoms with Crippen LogP contribution in [0.25, 0.3) is 0 Å². The lowest BCUT2D eigenvalue weighted by Gasteiger charge is -2.20. The summed E-state index contributed by atoms with van der Waals surface area (Å²) in [6, 6.07) is 2.11. The van der Waals surface area contributed by atoms with Gasteiger partial charge in [-0.1, -0.05) is 0 Å². The Balaban J connectivity index is 2.56. The molecule has 0 amide bonds. The van der Waals surface area contributed by atoms with Crippen LogP contribution in [0.4, 0.5) is 0 Å². The first kappa shape index (κ1) is 20.7. The molecule has 0 heterocycles. The van der Waals surface area contributed by atoms with E-state index in [1.807, 2.05) is 6.08 Å². The van der Waals surface area contributed by atoms with E-state index in [1.165, 1.54) is 0 Å². The van der Waals surface area contributed by atoms with Gasteiger partial charge in [-0.05, 0) is 50.2 Å². The first-order valence-corrected chi connectivity index (χ1v) is 8.58. The molecule has 136 valence electrons. The second-order valence-electron chi connectivity index (χ2n) is 5.77. The molecule has 6 heteroatoms. The minimum absolute atomic E-state index is 0.317. The lowest BCUT2D eigenvalue weighted by Crippen LogP contribution is -2.21. The molecule has 0 saturated carbocycles. The highest BCUT2D eigenvalue weighted by Gasteiger charge is 2.18. The molecule has 6 nitrogen and oxygen atoms in total. The van der Waals surface area contributed by atoms with Crippen LogP contribution in [0.15, 0.2) is 22.9 Å². The zero-order valence-corrected chi connectivity index (χ0v) is 14.8. The monoisotopic (exact) mass is 338 g/mol. The van der Waals surface area contributed by atoms with Gasteiger partial charge in [-0.15, -0.1) is 0 Å². The van der Waals surface area contributed by atoms with E-state index in [4.69, 9.17) is 14.2 Å². The number of aliphatic hydroxyl groups excluding tert-OH is 1. The number of nitrogens with one attached hydrogen (secondary N) is 1. The molecule has 0 aromatic carbocycles. The summed E-state index contributed by atoms with van der Waals surface area (Å²) in [6.07, 6.45) is 6.14. The Bertz CT molecular complexity index is 454. The molecule has 0 bridgehead atoms. The molecule has 0 saturated heterocycles. The highest BCUT2D eigenvalue weighted by atomic mass is 16.6. The molecule has 1 unspecified atom stereocenters. The van der Waals surface area contributed by atoms with Crippen molar-refractivity contribution in [3.8, 4) is 6.07 Å². The number of allylic oxidation sites excluding steroid dienone is 3. The Morgan fingerprint density at radius 3 is 2.62 bits per heavy atom. The molecule has 1 aliphatic rings. The third kappa shape index (κ3) is 7.93. The number of rotatable bonds is 12. The van der Waals surface area contributed by atoms with E-state index in [1.54, 1.807) is 14.2 Å². The first-order valence-electron chi connectivity index (χ1n) is 8.58. The number of hydrogen-bond donors (Lipinski definition) is 2. The zero-order valence-electron chi connectivity index (χ0n) is 14.8. The maximum atomic E-state index is 10.1. The summed E-state index contributed by atoms with van der Waals surface area (Å²) < 4.78 is 15.4. The summed E-state index contributed by atoms with van der Waals surface area (Å²) in [6.45, 7) is 2.65. The van der Waals surface area contributed by atoms with Crippen LogP contribution in [-0.2, 0) is 14.2 Å². The van der Waals surface area contributed by atoms with Gasteiger partial charge in [0.15, 0.2) is 6.29 Å². The molecular weight excluding hydrogens is 308 g/mol. The van der Waals surface area contributed by atoms with Crippen molar-refractivity contribution in [3.63, 3.8) is 0 Å². The van der Waals surface area contributed by atoms with Crippen LogP contribution in [0.1, 0.15) is 38.5 Å². The Kier molecular flexibility index (Phi) is 11.2. The van der Waals surface area contributed by atoms with Gasteiger partial charge in [0.05, 0.1) is 12.2 Å². The summed E-state index contributed by atoms with van der Waals surface area (Å²) in [5.74, 6) is 0. The van der Waals surface area contributed by atoms with Crippen molar-refractivity contribution in [2.75, 3.05) is 40.6 Å². The van der Waals surface area contributed by atoms with Crippen molar-refractivity contribution in [2.45, 2.75) is 44.8 Å². The van der Waals surface area contributed by atoms with Crippen molar-refractivity contribution >= 4 is 0 Å². The molecule has 1 atom stereocenters. The van der Waals surface area contributed by atoms with E-state index < -0.39 is 6.29 Å². The fraction of sp³-hybridized carbons (Fsp3) is 0.722. The van der Waals surface area contributed by atoms with Gasteiger partial charge >= 0.3 is 0 Å². The summed E-state index contributed by atoms with van der Waals surface area (Å²) >= 11 is 0. The van der Waals surface area contributed by atoms with Crippen LogP contribution in [0.3, 0.4) is 0 Å². The minimum atomic E-state index is -1.16. The van der Waals surface area contributed by atoms with E-state index >= 15 is 0 Å². The molecular formula is C18H30N2O4. The van der Waals surface area contributed by atoms with Crippen molar-refractivity contribution < 1.29 is 19.3 Å². The Hall–Kier alpha value is -1.39. The quantitative estimate of drug-likeness (QED) is 0.323. The van der Waals surface area contributed by atoms with E-state index in [-0.39, 0.29) is 0 Å². The van der Waals surface area contributed by atoms with Crippen molar-refractivity contribution in [2.24, 2.45) is 0 Å². The lowest BCUT2D eigenvalue weighted by molar-refractivity contribution is -0.0715. The summed E-state index contributed by atoms with van der Waals surface area (Å²) in [5, 5.41) is 22.9. The Morgan fingerprint density at radius 1 is 1.21 bits per heavy atom. The van der Waals surface area contributed by atoms with Crippen LogP contribution in [0.5, 0.6) is 0 Å². The predicted molar refractivity (Wildman–Crippen MR) is 92.1 cm³/mol. The largest absolute Gasteiger partial charge is 0.388 e. The summed E-state index contributed by atoms with van der Waals surface area (Å²) in [4.78, 5) is 0. The van der Waals surface area contributed by atoms with Gasteiger partial charge in [-0.3, -0.25) is 0 Å². The van der Waals surface area contributed by atoms with Crippen molar-refractivity contribution in [1.29, 1.82) is 5.26 Å². The van der Waals surface area contributed by atoms with Crippen LogP contribution in [0.2, 0.25) is 0 Å². The average Bonchev–Trinajstić information content (AvgIpc) is 2.60. The summed E-state index contributed by atoms with van der Waals surface area (Å²) in [5.41, 5.74) is 2.28. The number of nitrogens with zero attached hydrogens (tertiary/aromatic N) is 1. The Morgan fingerprint density at radius 2 is 1.92 bits per heavy atom. The average molecular weight is 338 g/mol. The smallest absolute Gasteiger partial charge is 0.191 e. The maximum absolute atomic E-state index is 10.1. The highest BCUT2D eigenvalue weighted by Crippen LogP contribution is 2.25. The topological polar surface area (TPSA) is 83.7 Å². The number of nitriles is 1. The number of methoxy groups -OCH3 is 2. The minimum Gasteiger partial charge on any atom is -0.388 e. The highest BCUT2D eigenvalue weighted by molar-refractivity contribution is 5.39. The molecule has 2 N–H and O–H groups in total. The van der Waals surface area contributed by atoms with Gasteiger partial charge in [-0.2, -0.15) is 5.26 Å². The molecule has 0 aromatic rings. The molecule has 1 aliphatic carbocycles. The van der Waals surface area contributed by atoms with Gasteiger partial charge in [0.1, 0.15) is 6.07 Å². The molecule has 0 radical (unpaired) electrons. The van der Waals surface area contributed by atoms with Gasteiger partial charge in [0.25, 0.3) is 0 Å². The van der Waals surface area contributed by atoms with Crippen LogP contribution < -0.4 is 5.32 Å². The van der Waals surface area contributed by atoms with Gasteiger partial charge in [0.2, 0.25) is 0 Å². The third-order valence-electron chi connectivity index (χ3n) is 3.85. The van der Waals surface area contributed by atoms with Gasteiger partial charge in [0, 0.05) is 39.7 Å². The van der Waals surface area contributed by atoms with E-state index in [9.17, 15) is 10.4 Å². The second-order valence-corrected chi connectivity index (χ2v) is 5.77. The molecule has 0 fully saturated rings. The SMILES string of the molecule is COCCCCOC(O)/C(C#N)=C1\C=C(NCCCOC)CCC1. The molecule has 0 aliphatic heterocycles. The first-order chi connectivity index (χ1) is 11.7. The number of unbranched alkanes of at least 4 members (excludes halogenated alkanes) is 1. The maximum Gasteiger partial charge on any atom is 0.191 e. The normalized spacial score (nSPS) is 17.8. The van der Waals surface area contributed by atoms with Gasteiger partial charge in [-0.25, -0.2) is 0 Å². The standard InChI is InChI=1S/C18H30N2O4/c1-22-10-3-4-12-24-18(21)17(14-19)15-7-5-8-16(13-15)20-9-6-11-23-2/h13,18,20-21H,3-12H2,1-2H3/b17-15-. The van der Waals surface area contributed by atoms with E-state index in [0.29, 0.717) is 18.8 Å². The lowest BCUT2D eigenvalue weighted by atomic mass is 9.95. The van der Waals surface area contributed by atoms with Crippen molar-refractivity contribution in [3.05, 3.63) is 22.9 Å². The van der Waals surface area contributed by atoms with Crippen LogP contribution in [-0.4, -0.2) is 52.0 Å². The number of aliphatic hydroxyl groups is 1.